The highest BCUT2D eigenvalue weighted by molar-refractivity contribution is 5.94. The lowest BCUT2D eigenvalue weighted by atomic mass is 10.2. The van der Waals surface area contributed by atoms with Gasteiger partial charge < -0.3 is 14.5 Å². The molecule has 1 aliphatic heterocycles. The van der Waals surface area contributed by atoms with Crippen LogP contribution in [0.2, 0.25) is 0 Å². The second-order valence-corrected chi connectivity index (χ2v) is 5.16. The van der Waals surface area contributed by atoms with Gasteiger partial charge in [0.2, 0.25) is 5.91 Å². The maximum absolute atomic E-state index is 12.1. The third-order valence-corrected chi connectivity index (χ3v) is 3.53. The van der Waals surface area contributed by atoms with Crippen molar-refractivity contribution in [3.63, 3.8) is 0 Å². The highest BCUT2D eigenvalue weighted by atomic mass is 16.5. The quantitative estimate of drug-likeness (QED) is 0.557. The van der Waals surface area contributed by atoms with E-state index in [-0.39, 0.29) is 5.91 Å². The zero-order valence-corrected chi connectivity index (χ0v) is 13.5. The summed E-state index contributed by atoms with van der Waals surface area (Å²) in [6, 6.07) is 0. The zero-order valence-electron chi connectivity index (χ0n) is 13.5. The van der Waals surface area contributed by atoms with E-state index in [1.165, 1.54) is 10.6 Å². The Morgan fingerprint density at radius 3 is 2.62 bits per heavy atom. The maximum Gasteiger partial charge on any atom is 0.355 e. The van der Waals surface area contributed by atoms with Gasteiger partial charge in [0, 0.05) is 32.8 Å². The molecule has 0 bridgehead atoms. The Kier molecular flexibility index (Phi) is 6.99. The summed E-state index contributed by atoms with van der Waals surface area (Å²) in [7, 11) is 3.65. The van der Waals surface area contributed by atoms with E-state index < -0.39 is 5.97 Å². The van der Waals surface area contributed by atoms with Gasteiger partial charge in [-0.2, -0.15) is 0 Å². The first kappa shape index (κ1) is 17.3. The van der Waals surface area contributed by atoms with Crippen LogP contribution in [0.25, 0.3) is 0 Å². The van der Waals surface area contributed by atoms with E-state index in [0.717, 1.165) is 25.8 Å². The number of allylic oxidation sites excluding steroid dienone is 3. The molecule has 1 aliphatic rings. The minimum Gasteiger partial charge on any atom is -0.461 e. The van der Waals surface area contributed by atoms with E-state index in [0.29, 0.717) is 18.7 Å². The molecule has 1 rings (SSSR count). The first-order valence-corrected chi connectivity index (χ1v) is 7.56. The van der Waals surface area contributed by atoms with Gasteiger partial charge in [-0.1, -0.05) is 6.92 Å². The van der Waals surface area contributed by atoms with Crippen molar-refractivity contribution in [1.82, 2.24) is 9.80 Å². The highest BCUT2D eigenvalue weighted by Crippen LogP contribution is 2.19. The minimum absolute atomic E-state index is 0.0741. The van der Waals surface area contributed by atoms with E-state index >= 15 is 0 Å². The summed E-state index contributed by atoms with van der Waals surface area (Å²) >= 11 is 0. The summed E-state index contributed by atoms with van der Waals surface area (Å²) in [5.74, 6) is -0.531. The average molecular weight is 294 g/mol. The van der Waals surface area contributed by atoms with Crippen LogP contribution in [0.5, 0.6) is 0 Å². The molecule has 5 nitrogen and oxygen atoms in total. The topological polar surface area (TPSA) is 49.9 Å². The molecule has 0 saturated carbocycles. The first-order valence-electron chi connectivity index (χ1n) is 7.56. The molecule has 0 atom stereocenters. The highest BCUT2D eigenvalue weighted by Gasteiger charge is 2.20. The summed E-state index contributed by atoms with van der Waals surface area (Å²) < 4.78 is 5.05. The fraction of sp³-hybridized carbons (Fsp3) is 0.625. The Morgan fingerprint density at radius 1 is 1.38 bits per heavy atom. The number of likely N-dealkylation sites (N-methyl/N-ethyl adjacent to an activating group) is 1. The maximum atomic E-state index is 12.1. The van der Waals surface area contributed by atoms with Crippen LogP contribution < -0.4 is 0 Å². The fourth-order valence-corrected chi connectivity index (χ4v) is 2.26. The van der Waals surface area contributed by atoms with Crippen LogP contribution in [0, 0.1) is 0 Å². The van der Waals surface area contributed by atoms with E-state index in [1.54, 1.807) is 20.0 Å². The van der Waals surface area contributed by atoms with Crippen molar-refractivity contribution in [3.8, 4) is 0 Å². The summed E-state index contributed by atoms with van der Waals surface area (Å²) in [5.41, 5.74) is 1.47. The van der Waals surface area contributed by atoms with Crippen LogP contribution in [0.15, 0.2) is 23.5 Å². The molecule has 0 aromatic carbocycles. The molecule has 1 heterocycles. The molecular formula is C16H26N2O3. The molecule has 0 aromatic rings. The van der Waals surface area contributed by atoms with Crippen LogP contribution in [-0.2, 0) is 14.3 Å². The lowest BCUT2D eigenvalue weighted by Crippen LogP contribution is -2.30. The van der Waals surface area contributed by atoms with Crippen molar-refractivity contribution in [3.05, 3.63) is 23.5 Å². The Morgan fingerprint density at radius 2 is 2.10 bits per heavy atom. The van der Waals surface area contributed by atoms with Gasteiger partial charge in [0.15, 0.2) is 0 Å². The molecule has 118 valence electrons. The smallest absolute Gasteiger partial charge is 0.355 e. The number of carbonyl (C=O) groups excluding carboxylic acids is 2. The molecule has 1 fully saturated rings. The normalized spacial score (nSPS) is 17.2. The van der Waals surface area contributed by atoms with Crippen molar-refractivity contribution in [2.24, 2.45) is 0 Å². The third kappa shape index (κ3) is 4.92. The molecule has 0 aromatic heterocycles. The van der Waals surface area contributed by atoms with Gasteiger partial charge in [0.05, 0.1) is 6.61 Å². The van der Waals surface area contributed by atoms with Crippen molar-refractivity contribution in [2.45, 2.75) is 39.5 Å². The molecule has 1 saturated heterocycles. The lowest BCUT2D eigenvalue weighted by molar-refractivity contribution is -0.143. The molecule has 0 spiro atoms. The van der Waals surface area contributed by atoms with Gasteiger partial charge >= 0.3 is 5.97 Å². The summed E-state index contributed by atoms with van der Waals surface area (Å²) in [5, 5.41) is 0. The van der Waals surface area contributed by atoms with E-state index in [2.05, 4.69) is 4.90 Å². The van der Waals surface area contributed by atoms with Crippen molar-refractivity contribution in [2.75, 3.05) is 27.2 Å². The molecule has 21 heavy (non-hydrogen) atoms. The largest absolute Gasteiger partial charge is 0.461 e. The SMILES string of the molecule is CCCC(=O)N(C)/C(=C/C=C1\CCCN1C)C(=O)OCC. The number of amides is 1. The summed E-state index contributed by atoms with van der Waals surface area (Å²) in [4.78, 5) is 27.6. The molecule has 1 amide bonds. The van der Waals surface area contributed by atoms with Crippen LogP contribution in [0.1, 0.15) is 39.5 Å². The van der Waals surface area contributed by atoms with Gasteiger partial charge in [0.25, 0.3) is 0 Å². The molecule has 0 unspecified atom stereocenters. The Hall–Kier alpha value is -1.78. The zero-order chi connectivity index (χ0) is 15.8. The Balaban J connectivity index is 2.96. The van der Waals surface area contributed by atoms with Crippen LogP contribution >= 0.6 is 0 Å². The number of ether oxygens (including phenoxy) is 1. The van der Waals surface area contributed by atoms with Crippen LogP contribution in [-0.4, -0.2) is 48.9 Å². The van der Waals surface area contributed by atoms with Gasteiger partial charge in [-0.3, -0.25) is 4.79 Å². The van der Waals surface area contributed by atoms with Gasteiger partial charge in [0.1, 0.15) is 5.70 Å². The molecule has 5 heteroatoms. The predicted molar refractivity (Wildman–Crippen MR) is 82.3 cm³/mol. The van der Waals surface area contributed by atoms with E-state index in [4.69, 9.17) is 4.74 Å². The molecule has 0 N–H and O–H groups in total. The summed E-state index contributed by atoms with van der Waals surface area (Å²) in [6.07, 6.45) is 6.90. The standard InChI is InChI=1S/C16H26N2O3/c1-5-8-15(19)18(4)14(16(20)21-6-2)11-10-13-9-7-12-17(13)3/h10-11H,5-9,12H2,1-4H3/b13-10+,14-11+. The molecule has 0 aliphatic carbocycles. The number of carbonyl (C=O) groups is 2. The Labute approximate surface area is 127 Å². The monoisotopic (exact) mass is 294 g/mol. The van der Waals surface area contributed by atoms with Crippen molar-refractivity contribution < 1.29 is 14.3 Å². The first-order chi connectivity index (χ1) is 10.0. The van der Waals surface area contributed by atoms with Crippen molar-refractivity contribution >= 4 is 11.9 Å². The van der Waals surface area contributed by atoms with Gasteiger partial charge in [-0.15, -0.1) is 0 Å². The van der Waals surface area contributed by atoms with Crippen LogP contribution in [0.3, 0.4) is 0 Å². The van der Waals surface area contributed by atoms with E-state index in [9.17, 15) is 9.59 Å². The fourth-order valence-electron chi connectivity index (χ4n) is 2.26. The number of hydrogen-bond donors (Lipinski definition) is 0. The number of rotatable bonds is 6. The third-order valence-electron chi connectivity index (χ3n) is 3.53. The Bertz CT molecular complexity index is 441. The van der Waals surface area contributed by atoms with Crippen LogP contribution in [0.4, 0.5) is 0 Å². The minimum atomic E-state index is -0.457. The second-order valence-electron chi connectivity index (χ2n) is 5.16. The lowest BCUT2D eigenvalue weighted by Gasteiger charge is -2.19. The second kappa shape index (κ2) is 8.49. The number of likely N-dealkylation sites (tertiary alicyclic amines) is 1. The number of hydrogen-bond acceptors (Lipinski definition) is 4. The molecule has 0 radical (unpaired) electrons. The molecular weight excluding hydrogens is 268 g/mol. The number of nitrogens with zero attached hydrogens (tertiary/aromatic N) is 2. The van der Waals surface area contributed by atoms with Gasteiger partial charge in [-0.25, -0.2) is 4.79 Å². The van der Waals surface area contributed by atoms with Crippen molar-refractivity contribution in [1.29, 1.82) is 0 Å². The van der Waals surface area contributed by atoms with E-state index in [1.807, 2.05) is 20.0 Å². The number of esters is 1. The summed E-state index contributed by atoms with van der Waals surface area (Å²) in [6.45, 7) is 5.02. The average Bonchev–Trinajstić information content (AvgIpc) is 2.85. The predicted octanol–water partition coefficient (Wildman–Crippen LogP) is 2.30. The van der Waals surface area contributed by atoms with Gasteiger partial charge in [-0.05, 0) is 38.3 Å².